The maximum absolute atomic E-state index is 5.58. The average Bonchev–Trinajstić information content (AvgIpc) is 2.17. The fourth-order valence-electron chi connectivity index (χ4n) is 1.31. The fraction of sp³-hybridized carbons (Fsp3) is 0.364. The quantitative estimate of drug-likeness (QED) is 0.705. The molecule has 2 rings (SSSR count). The molecule has 0 aromatic heterocycles. The number of aliphatic imine (C=N–C) groups is 1. The summed E-state index contributed by atoms with van der Waals surface area (Å²) in [5.41, 5.74) is 1.03. The zero-order valence-corrected chi connectivity index (χ0v) is 9.17. The van der Waals surface area contributed by atoms with E-state index in [4.69, 9.17) is 4.74 Å². The van der Waals surface area contributed by atoms with Gasteiger partial charge in [-0.05, 0) is 26.0 Å². The normalized spacial score (nSPS) is 14.9. The van der Waals surface area contributed by atoms with E-state index in [-0.39, 0.29) is 6.10 Å². The van der Waals surface area contributed by atoms with E-state index in [1.54, 1.807) is 11.8 Å². The van der Waals surface area contributed by atoms with Gasteiger partial charge in [0.25, 0.3) is 0 Å². The molecule has 0 radical (unpaired) electrons. The fourth-order valence-corrected chi connectivity index (χ4v) is 2.16. The molecule has 0 bridgehead atoms. The number of ether oxygens (including phenoxy) is 1. The maximum Gasteiger partial charge on any atom is 0.199 e. The number of nitrogens with zero attached hydrogens (tertiary/aromatic N) is 1. The highest BCUT2D eigenvalue weighted by Gasteiger charge is 2.13. The Kier molecular flexibility index (Phi) is 2.77. The molecule has 1 aromatic rings. The van der Waals surface area contributed by atoms with E-state index in [9.17, 15) is 0 Å². The second kappa shape index (κ2) is 4.05. The van der Waals surface area contributed by atoms with E-state index in [0.717, 1.165) is 17.3 Å². The van der Waals surface area contributed by atoms with E-state index in [0.29, 0.717) is 0 Å². The number of rotatable bonds is 1. The van der Waals surface area contributed by atoms with Crippen molar-refractivity contribution in [2.75, 3.05) is 5.75 Å². The van der Waals surface area contributed by atoms with Crippen LogP contribution in [0.15, 0.2) is 34.2 Å². The largest absolute Gasteiger partial charge is 0.477 e. The Hall–Kier alpha value is -0.960. The van der Waals surface area contributed by atoms with Gasteiger partial charge in [0, 0.05) is 4.90 Å². The van der Waals surface area contributed by atoms with Gasteiger partial charge in [-0.15, -0.1) is 11.8 Å². The first-order valence-corrected chi connectivity index (χ1v) is 5.70. The first-order chi connectivity index (χ1) is 6.75. The van der Waals surface area contributed by atoms with Crippen molar-refractivity contribution in [2.24, 2.45) is 4.99 Å². The lowest BCUT2D eigenvalue weighted by Gasteiger charge is -2.17. The lowest BCUT2D eigenvalue weighted by atomic mass is 10.3. The molecule has 0 fully saturated rings. The molecule has 1 aliphatic rings. The van der Waals surface area contributed by atoms with Gasteiger partial charge in [-0.25, -0.2) is 4.99 Å². The van der Waals surface area contributed by atoms with E-state index in [2.05, 4.69) is 11.1 Å². The van der Waals surface area contributed by atoms with E-state index in [1.165, 1.54) is 4.90 Å². The smallest absolute Gasteiger partial charge is 0.199 e. The third-order valence-electron chi connectivity index (χ3n) is 1.83. The highest BCUT2D eigenvalue weighted by Crippen LogP contribution is 2.33. The van der Waals surface area contributed by atoms with Crippen molar-refractivity contribution in [2.45, 2.75) is 24.8 Å². The number of thioether (sulfide) groups is 1. The van der Waals surface area contributed by atoms with Gasteiger partial charge < -0.3 is 4.74 Å². The Morgan fingerprint density at radius 2 is 2.14 bits per heavy atom. The Morgan fingerprint density at radius 3 is 2.93 bits per heavy atom. The van der Waals surface area contributed by atoms with Crippen LogP contribution in [0, 0.1) is 0 Å². The Balaban J connectivity index is 2.22. The molecule has 0 atom stereocenters. The highest BCUT2D eigenvalue weighted by molar-refractivity contribution is 8.00. The van der Waals surface area contributed by atoms with Crippen LogP contribution >= 0.6 is 11.8 Å². The molecule has 1 heterocycles. The van der Waals surface area contributed by atoms with Gasteiger partial charge >= 0.3 is 0 Å². The molecule has 0 aliphatic carbocycles. The first-order valence-electron chi connectivity index (χ1n) is 4.72. The summed E-state index contributed by atoms with van der Waals surface area (Å²) in [6.45, 7) is 4.04. The summed E-state index contributed by atoms with van der Waals surface area (Å²) >= 11 is 1.78. The van der Waals surface area contributed by atoms with Crippen molar-refractivity contribution in [1.82, 2.24) is 0 Å². The van der Waals surface area contributed by atoms with Crippen LogP contribution in [0.3, 0.4) is 0 Å². The van der Waals surface area contributed by atoms with Crippen molar-refractivity contribution < 1.29 is 4.74 Å². The molecule has 3 heteroatoms. The monoisotopic (exact) mass is 207 g/mol. The van der Waals surface area contributed by atoms with Crippen LogP contribution in [-0.2, 0) is 4.74 Å². The Bertz CT molecular complexity index is 360. The van der Waals surface area contributed by atoms with Crippen molar-refractivity contribution >= 4 is 23.3 Å². The molecule has 0 saturated carbocycles. The number of fused-ring (bicyclic) bond motifs is 1. The molecular formula is C11H13NOS. The first kappa shape index (κ1) is 9.59. The zero-order valence-electron chi connectivity index (χ0n) is 8.36. The molecule has 1 aliphatic heterocycles. The third-order valence-corrected chi connectivity index (χ3v) is 2.88. The highest BCUT2D eigenvalue weighted by atomic mass is 32.2. The van der Waals surface area contributed by atoms with Gasteiger partial charge in [0.15, 0.2) is 5.90 Å². The molecule has 1 aromatic carbocycles. The zero-order chi connectivity index (χ0) is 9.97. The van der Waals surface area contributed by atoms with E-state index < -0.39 is 0 Å². The predicted molar refractivity (Wildman–Crippen MR) is 60.5 cm³/mol. The summed E-state index contributed by atoms with van der Waals surface area (Å²) in [6, 6.07) is 8.15. The van der Waals surface area contributed by atoms with E-state index >= 15 is 0 Å². The summed E-state index contributed by atoms with van der Waals surface area (Å²) in [5.74, 6) is 1.68. The number of hydrogen-bond acceptors (Lipinski definition) is 3. The summed E-state index contributed by atoms with van der Waals surface area (Å²) < 4.78 is 5.58. The summed E-state index contributed by atoms with van der Waals surface area (Å²) in [7, 11) is 0. The SMILES string of the molecule is CC(C)OC1=Nc2ccccc2SC1. The number of para-hydroxylation sites is 1. The van der Waals surface area contributed by atoms with Crippen LogP contribution in [0.2, 0.25) is 0 Å². The Morgan fingerprint density at radius 1 is 1.36 bits per heavy atom. The summed E-state index contributed by atoms with van der Waals surface area (Å²) in [5, 5.41) is 0. The predicted octanol–water partition coefficient (Wildman–Crippen LogP) is 3.25. The minimum Gasteiger partial charge on any atom is -0.477 e. The molecule has 0 N–H and O–H groups in total. The standard InChI is InChI=1S/C11H13NOS/c1-8(2)13-11-7-14-10-6-4-3-5-9(10)12-11/h3-6,8H,7H2,1-2H3. The third kappa shape index (κ3) is 2.10. The number of hydrogen-bond donors (Lipinski definition) is 0. The average molecular weight is 207 g/mol. The molecule has 2 nitrogen and oxygen atoms in total. The van der Waals surface area contributed by atoms with Crippen LogP contribution in [0.25, 0.3) is 0 Å². The lowest BCUT2D eigenvalue weighted by Crippen LogP contribution is -2.15. The van der Waals surface area contributed by atoms with Gasteiger partial charge in [0.2, 0.25) is 0 Å². The van der Waals surface area contributed by atoms with Crippen LogP contribution in [0.4, 0.5) is 5.69 Å². The Labute approximate surface area is 88.4 Å². The van der Waals surface area contributed by atoms with E-state index in [1.807, 2.05) is 32.0 Å². The lowest BCUT2D eigenvalue weighted by molar-refractivity contribution is 0.227. The van der Waals surface area contributed by atoms with Gasteiger partial charge in [-0.3, -0.25) is 0 Å². The minimum atomic E-state index is 0.208. The van der Waals surface area contributed by atoms with Crippen LogP contribution < -0.4 is 0 Å². The molecule has 0 spiro atoms. The summed E-state index contributed by atoms with van der Waals surface area (Å²) in [4.78, 5) is 5.70. The van der Waals surface area contributed by atoms with Crippen LogP contribution in [0.5, 0.6) is 0 Å². The number of benzene rings is 1. The second-order valence-electron chi connectivity index (χ2n) is 3.43. The maximum atomic E-state index is 5.58. The topological polar surface area (TPSA) is 21.6 Å². The van der Waals surface area contributed by atoms with Crippen molar-refractivity contribution in [3.05, 3.63) is 24.3 Å². The minimum absolute atomic E-state index is 0.208. The molecular weight excluding hydrogens is 194 g/mol. The van der Waals surface area contributed by atoms with Gasteiger partial charge in [0.05, 0.1) is 17.5 Å². The van der Waals surface area contributed by atoms with Gasteiger partial charge in [-0.1, -0.05) is 12.1 Å². The molecule has 0 saturated heterocycles. The molecule has 74 valence electrons. The molecule has 14 heavy (non-hydrogen) atoms. The van der Waals surface area contributed by atoms with Gasteiger partial charge in [0.1, 0.15) is 0 Å². The van der Waals surface area contributed by atoms with Crippen molar-refractivity contribution in [3.8, 4) is 0 Å². The molecule has 0 unspecified atom stereocenters. The van der Waals surface area contributed by atoms with Crippen LogP contribution in [-0.4, -0.2) is 17.8 Å². The van der Waals surface area contributed by atoms with Crippen molar-refractivity contribution in [3.63, 3.8) is 0 Å². The van der Waals surface area contributed by atoms with Crippen LogP contribution in [0.1, 0.15) is 13.8 Å². The second-order valence-corrected chi connectivity index (χ2v) is 4.45. The van der Waals surface area contributed by atoms with Crippen molar-refractivity contribution in [1.29, 1.82) is 0 Å². The summed E-state index contributed by atoms with van der Waals surface area (Å²) in [6.07, 6.45) is 0.208. The molecule has 0 amide bonds. The van der Waals surface area contributed by atoms with Gasteiger partial charge in [-0.2, -0.15) is 0 Å².